The molecule has 1 heterocycles. The number of hydrogen-bond acceptors (Lipinski definition) is 3. The van der Waals surface area contributed by atoms with Crippen LogP contribution in [-0.4, -0.2) is 16.7 Å². The van der Waals surface area contributed by atoms with Crippen LogP contribution in [0.1, 0.15) is 26.2 Å². The van der Waals surface area contributed by atoms with Crippen LogP contribution in [0.4, 0.5) is 0 Å². The summed E-state index contributed by atoms with van der Waals surface area (Å²) < 4.78 is 5.50. The molecule has 0 saturated carbocycles. The number of H-pyrrole nitrogens is 1. The van der Waals surface area contributed by atoms with Crippen molar-refractivity contribution < 1.29 is 9.84 Å². The second-order valence-electron chi connectivity index (χ2n) is 4.37. The van der Waals surface area contributed by atoms with Crippen molar-refractivity contribution in [1.82, 2.24) is 4.98 Å². The minimum atomic E-state index is -0.179. The Morgan fingerprint density at radius 3 is 2.89 bits per heavy atom. The summed E-state index contributed by atoms with van der Waals surface area (Å²) in [6.07, 6.45) is 3.13. The smallest absolute Gasteiger partial charge is 0.195 e. The maximum atomic E-state index is 11.9. The fourth-order valence-electron chi connectivity index (χ4n) is 1.86. The first kappa shape index (κ1) is 13.7. The van der Waals surface area contributed by atoms with Crippen molar-refractivity contribution in [2.45, 2.75) is 26.2 Å². The van der Waals surface area contributed by atoms with Gasteiger partial charge in [0.05, 0.1) is 12.1 Å². The van der Waals surface area contributed by atoms with Crippen LogP contribution in [0.3, 0.4) is 0 Å². The molecule has 19 heavy (non-hydrogen) atoms. The summed E-state index contributed by atoms with van der Waals surface area (Å²) in [5.41, 5.74) is 0.223. The molecule has 0 aliphatic carbocycles. The van der Waals surface area contributed by atoms with E-state index >= 15 is 0 Å². The van der Waals surface area contributed by atoms with Gasteiger partial charge in [0.15, 0.2) is 11.3 Å². The molecule has 0 fully saturated rings. The van der Waals surface area contributed by atoms with Gasteiger partial charge in [0.1, 0.15) is 10.8 Å². The van der Waals surface area contributed by atoms with Gasteiger partial charge in [-0.1, -0.05) is 31.4 Å². The summed E-state index contributed by atoms with van der Waals surface area (Å²) in [6.45, 7) is 2.66. The molecule has 0 saturated heterocycles. The number of aromatic nitrogens is 1. The molecule has 4 nitrogen and oxygen atoms in total. The molecule has 0 spiro atoms. The van der Waals surface area contributed by atoms with Crippen LogP contribution >= 0.6 is 11.6 Å². The van der Waals surface area contributed by atoms with Crippen LogP contribution in [0.15, 0.2) is 23.0 Å². The van der Waals surface area contributed by atoms with Crippen molar-refractivity contribution in [3.05, 3.63) is 33.4 Å². The van der Waals surface area contributed by atoms with E-state index in [0.717, 1.165) is 19.3 Å². The third-order valence-electron chi connectivity index (χ3n) is 2.90. The molecule has 1 aromatic heterocycles. The van der Waals surface area contributed by atoms with Gasteiger partial charge in [0.25, 0.3) is 0 Å². The fourth-order valence-corrected chi connectivity index (χ4v) is 2.07. The topological polar surface area (TPSA) is 62.3 Å². The quantitative estimate of drug-likeness (QED) is 0.825. The molecule has 2 N–H and O–H groups in total. The standard InChI is InChI=1S/C14H16ClNO3/c1-2-3-4-7-19-12-8-11(18)9-5-6-10(17)13(15)14(9)16-12/h5-6,8,17H,2-4,7H2,1H3,(H,16,18). The number of rotatable bonds is 5. The minimum Gasteiger partial charge on any atom is -0.506 e. The highest BCUT2D eigenvalue weighted by Gasteiger charge is 2.09. The number of hydrogen-bond donors (Lipinski definition) is 2. The fraction of sp³-hybridized carbons (Fsp3) is 0.357. The zero-order valence-electron chi connectivity index (χ0n) is 10.7. The van der Waals surface area contributed by atoms with Crippen LogP contribution in [0.2, 0.25) is 5.02 Å². The number of aromatic amines is 1. The van der Waals surface area contributed by atoms with Gasteiger partial charge >= 0.3 is 0 Å². The molecule has 0 amide bonds. The van der Waals surface area contributed by atoms with E-state index in [4.69, 9.17) is 16.3 Å². The maximum absolute atomic E-state index is 11.9. The highest BCUT2D eigenvalue weighted by molar-refractivity contribution is 6.36. The molecule has 0 atom stereocenters. The van der Waals surface area contributed by atoms with Crippen LogP contribution in [-0.2, 0) is 0 Å². The third-order valence-corrected chi connectivity index (χ3v) is 3.29. The van der Waals surface area contributed by atoms with Crippen LogP contribution < -0.4 is 10.2 Å². The van der Waals surface area contributed by atoms with Crippen LogP contribution in [0.25, 0.3) is 10.9 Å². The number of ether oxygens (including phenoxy) is 1. The molecule has 0 unspecified atom stereocenters. The maximum Gasteiger partial charge on any atom is 0.195 e. The predicted octanol–water partition coefficient (Wildman–Crippen LogP) is 3.46. The number of unbranched alkanes of at least 4 members (excludes halogenated alkanes) is 2. The van der Waals surface area contributed by atoms with Crippen molar-refractivity contribution >= 4 is 22.5 Å². The van der Waals surface area contributed by atoms with Crippen molar-refractivity contribution in [2.75, 3.05) is 6.61 Å². The summed E-state index contributed by atoms with van der Waals surface area (Å²) in [5.74, 6) is 0.314. The van der Waals surface area contributed by atoms with E-state index in [0.29, 0.717) is 23.4 Å². The Labute approximate surface area is 116 Å². The second kappa shape index (κ2) is 5.97. The van der Waals surface area contributed by atoms with E-state index in [2.05, 4.69) is 11.9 Å². The van der Waals surface area contributed by atoms with Gasteiger partial charge in [-0.3, -0.25) is 4.79 Å². The third kappa shape index (κ3) is 3.01. The number of nitrogens with one attached hydrogen (secondary N) is 1. The summed E-state index contributed by atoms with van der Waals surface area (Å²) in [6, 6.07) is 4.35. The van der Waals surface area contributed by atoms with Gasteiger partial charge in [0.2, 0.25) is 0 Å². The number of benzene rings is 1. The summed E-state index contributed by atoms with van der Waals surface area (Å²) in [5, 5.41) is 10.1. The number of aromatic hydroxyl groups is 1. The number of fused-ring (bicyclic) bond motifs is 1. The average Bonchev–Trinajstić information content (AvgIpc) is 2.39. The molecule has 0 bridgehead atoms. The van der Waals surface area contributed by atoms with Crippen molar-refractivity contribution in [1.29, 1.82) is 0 Å². The lowest BCUT2D eigenvalue weighted by atomic mass is 10.2. The number of phenolic OH excluding ortho intramolecular Hbond substituents is 1. The van der Waals surface area contributed by atoms with E-state index in [1.54, 1.807) is 0 Å². The highest BCUT2D eigenvalue weighted by Crippen LogP contribution is 2.29. The molecular weight excluding hydrogens is 266 g/mol. The Balaban J connectivity index is 2.32. The van der Waals surface area contributed by atoms with E-state index < -0.39 is 0 Å². The largest absolute Gasteiger partial charge is 0.506 e. The SMILES string of the molecule is CCCCCOc1cc(=O)c2ccc(O)c(Cl)c2[nH]1. The van der Waals surface area contributed by atoms with E-state index in [1.807, 2.05) is 0 Å². The van der Waals surface area contributed by atoms with Crippen LogP contribution in [0, 0.1) is 0 Å². The first-order valence-electron chi connectivity index (χ1n) is 6.30. The number of pyridine rings is 1. The van der Waals surface area contributed by atoms with Gasteiger partial charge < -0.3 is 14.8 Å². The normalized spacial score (nSPS) is 10.8. The highest BCUT2D eigenvalue weighted by atomic mass is 35.5. The predicted molar refractivity (Wildman–Crippen MR) is 76.3 cm³/mol. The average molecular weight is 282 g/mol. The monoisotopic (exact) mass is 281 g/mol. The van der Waals surface area contributed by atoms with Crippen molar-refractivity contribution in [3.8, 4) is 11.6 Å². The molecule has 0 aliphatic heterocycles. The molecule has 0 aliphatic rings. The molecule has 2 rings (SSSR count). The van der Waals surface area contributed by atoms with Gasteiger partial charge in [-0.05, 0) is 18.6 Å². The Hall–Kier alpha value is -1.68. The zero-order valence-corrected chi connectivity index (χ0v) is 11.5. The lowest BCUT2D eigenvalue weighted by Gasteiger charge is -2.08. The van der Waals surface area contributed by atoms with Gasteiger partial charge in [-0.25, -0.2) is 0 Å². The first-order chi connectivity index (χ1) is 9.13. The van der Waals surface area contributed by atoms with Gasteiger partial charge in [-0.2, -0.15) is 0 Å². The Bertz CT molecular complexity index is 636. The summed E-state index contributed by atoms with van der Waals surface area (Å²) >= 11 is 5.98. The van der Waals surface area contributed by atoms with E-state index in [9.17, 15) is 9.90 Å². The first-order valence-corrected chi connectivity index (χ1v) is 6.68. The second-order valence-corrected chi connectivity index (χ2v) is 4.75. The lowest BCUT2D eigenvalue weighted by Crippen LogP contribution is -2.06. The lowest BCUT2D eigenvalue weighted by molar-refractivity contribution is 0.296. The Morgan fingerprint density at radius 2 is 2.16 bits per heavy atom. The number of phenols is 1. The minimum absolute atomic E-state index is 0.0621. The van der Waals surface area contributed by atoms with E-state index in [-0.39, 0.29) is 16.2 Å². The van der Waals surface area contributed by atoms with Crippen molar-refractivity contribution in [2.24, 2.45) is 0 Å². The molecule has 2 aromatic rings. The van der Waals surface area contributed by atoms with Crippen molar-refractivity contribution in [3.63, 3.8) is 0 Å². The van der Waals surface area contributed by atoms with Gasteiger partial charge in [-0.15, -0.1) is 0 Å². The molecular formula is C14H16ClNO3. The van der Waals surface area contributed by atoms with Gasteiger partial charge in [0, 0.05) is 11.5 Å². The van der Waals surface area contributed by atoms with Crippen LogP contribution in [0.5, 0.6) is 11.6 Å². The number of halogens is 1. The Morgan fingerprint density at radius 1 is 1.37 bits per heavy atom. The molecule has 0 radical (unpaired) electrons. The summed E-state index contributed by atoms with van der Waals surface area (Å²) in [7, 11) is 0. The molecule has 1 aromatic carbocycles. The molecule has 5 heteroatoms. The molecule has 102 valence electrons. The Kier molecular flexibility index (Phi) is 4.32. The zero-order chi connectivity index (χ0) is 13.8. The summed E-state index contributed by atoms with van der Waals surface area (Å²) in [4.78, 5) is 14.9. The van der Waals surface area contributed by atoms with E-state index in [1.165, 1.54) is 18.2 Å².